The molecule has 9 nitrogen and oxygen atoms in total. The number of carbonyl (C=O) groups is 1. The standard InChI is InChI=1S/C22H28N8O/c1-13(2)28(5)20-9-15-16(18(10-23)26-20)11-29(22(15)31)19-8-6-7-17(25-19)21-27-24-12-30(21)14(3)4/h6-9,12-14H,10-11,23H2,1-5H3. The predicted molar refractivity (Wildman–Crippen MR) is 120 cm³/mol. The summed E-state index contributed by atoms with van der Waals surface area (Å²) in [6.45, 7) is 8.95. The quantitative estimate of drug-likeness (QED) is 0.653. The van der Waals surface area contributed by atoms with Crippen molar-refractivity contribution in [3.05, 3.63) is 47.4 Å². The van der Waals surface area contributed by atoms with Gasteiger partial charge in [0.25, 0.3) is 5.91 Å². The second-order valence-corrected chi connectivity index (χ2v) is 8.29. The van der Waals surface area contributed by atoms with E-state index in [1.165, 1.54) is 0 Å². The first-order valence-corrected chi connectivity index (χ1v) is 10.5. The van der Waals surface area contributed by atoms with Crippen LogP contribution in [0.4, 0.5) is 11.6 Å². The molecule has 0 saturated heterocycles. The van der Waals surface area contributed by atoms with Crippen molar-refractivity contribution >= 4 is 17.5 Å². The Labute approximate surface area is 181 Å². The van der Waals surface area contributed by atoms with Gasteiger partial charge in [-0.15, -0.1) is 10.2 Å². The van der Waals surface area contributed by atoms with Crippen molar-refractivity contribution in [2.45, 2.75) is 52.9 Å². The third-order valence-corrected chi connectivity index (χ3v) is 5.69. The van der Waals surface area contributed by atoms with Gasteiger partial charge >= 0.3 is 0 Å². The van der Waals surface area contributed by atoms with Crippen molar-refractivity contribution in [1.29, 1.82) is 0 Å². The van der Waals surface area contributed by atoms with Crippen molar-refractivity contribution in [3.8, 4) is 11.5 Å². The summed E-state index contributed by atoms with van der Waals surface area (Å²) in [4.78, 5) is 26.5. The van der Waals surface area contributed by atoms with Crippen LogP contribution in [0.1, 0.15) is 55.4 Å². The predicted octanol–water partition coefficient (Wildman–Crippen LogP) is 2.78. The fourth-order valence-electron chi connectivity index (χ4n) is 3.65. The molecule has 0 aliphatic carbocycles. The first kappa shape index (κ1) is 20.9. The molecule has 0 radical (unpaired) electrons. The van der Waals surface area contributed by atoms with Crippen molar-refractivity contribution in [2.75, 3.05) is 16.8 Å². The van der Waals surface area contributed by atoms with E-state index in [0.717, 1.165) is 17.1 Å². The van der Waals surface area contributed by atoms with Gasteiger partial charge in [-0.25, -0.2) is 9.97 Å². The number of pyridine rings is 2. The zero-order valence-electron chi connectivity index (χ0n) is 18.6. The van der Waals surface area contributed by atoms with Gasteiger partial charge in [-0.05, 0) is 45.9 Å². The molecule has 1 aliphatic rings. The maximum atomic E-state index is 13.3. The molecule has 0 bridgehead atoms. The van der Waals surface area contributed by atoms with E-state index in [0.29, 0.717) is 29.4 Å². The Morgan fingerprint density at radius 2 is 1.97 bits per heavy atom. The molecule has 4 rings (SSSR count). The van der Waals surface area contributed by atoms with Crippen LogP contribution in [0.15, 0.2) is 30.6 Å². The minimum Gasteiger partial charge on any atom is -0.357 e. The van der Waals surface area contributed by atoms with Gasteiger partial charge in [0.05, 0.1) is 17.8 Å². The van der Waals surface area contributed by atoms with Crippen LogP contribution >= 0.6 is 0 Å². The van der Waals surface area contributed by atoms with Crippen LogP contribution in [-0.4, -0.2) is 43.7 Å². The third kappa shape index (κ3) is 3.65. The van der Waals surface area contributed by atoms with Crippen molar-refractivity contribution in [2.24, 2.45) is 5.73 Å². The Hall–Kier alpha value is -3.33. The Morgan fingerprint density at radius 1 is 1.19 bits per heavy atom. The first-order chi connectivity index (χ1) is 14.8. The topological polar surface area (TPSA) is 106 Å². The van der Waals surface area contributed by atoms with E-state index >= 15 is 0 Å². The van der Waals surface area contributed by atoms with Gasteiger partial charge in [-0.1, -0.05) is 6.07 Å². The van der Waals surface area contributed by atoms with Gasteiger partial charge in [0.2, 0.25) is 0 Å². The summed E-state index contributed by atoms with van der Waals surface area (Å²) < 4.78 is 1.96. The number of carbonyl (C=O) groups excluding carboxylic acids is 1. The molecule has 0 fully saturated rings. The van der Waals surface area contributed by atoms with Crippen molar-refractivity contribution in [1.82, 2.24) is 24.7 Å². The number of anilines is 2. The molecule has 3 aromatic rings. The first-order valence-electron chi connectivity index (χ1n) is 10.5. The minimum atomic E-state index is -0.0968. The molecule has 1 aliphatic heterocycles. The van der Waals surface area contributed by atoms with E-state index in [1.54, 1.807) is 11.2 Å². The van der Waals surface area contributed by atoms with Crippen LogP contribution in [-0.2, 0) is 13.1 Å². The zero-order chi connectivity index (χ0) is 22.3. The normalized spacial score (nSPS) is 13.4. The number of nitrogens with zero attached hydrogens (tertiary/aromatic N) is 7. The van der Waals surface area contributed by atoms with Crippen molar-refractivity contribution < 1.29 is 4.79 Å². The van der Waals surface area contributed by atoms with E-state index < -0.39 is 0 Å². The van der Waals surface area contributed by atoms with Crippen LogP contribution in [0.5, 0.6) is 0 Å². The summed E-state index contributed by atoms with van der Waals surface area (Å²) in [5, 5.41) is 8.25. The van der Waals surface area contributed by atoms with Gasteiger partial charge < -0.3 is 15.2 Å². The van der Waals surface area contributed by atoms with Crippen LogP contribution in [0.3, 0.4) is 0 Å². The maximum absolute atomic E-state index is 13.3. The van der Waals surface area contributed by atoms with E-state index in [4.69, 9.17) is 15.7 Å². The number of hydrogen-bond donors (Lipinski definition) is 1. The number of hydrogen-bond acceptors (Lipinski definition) is 7. The molecule has 1 amide bonds. The second-order valence-electron chi connectivity index (χ2n) is 8.29. The SMILES string of the molecule is CC(C)N(C)c1cc2c(c(CN)n1)CN(c1cccc(-c3nncn3C(C)C)n1)C2=O. The monoisotopic (exact) mass is 420 g/mol. The summed E-state index contributed by atoms with van der Waals surface area (Å²) >= 11 is 0. The smallest absolute Gasteiger partial charge is 0.260 e. The van der Waals surface area contributed by atoms with Crippen molar-refractivity contribution in [3.63, 3.8) is 0 Å². The molecular formula is C22H28N8O. The van der Waals surface area contributed by atoms with Crippen LogP contribution in [0.25, 0.3) is 11.5 Å². The van der Waals surface area contributed by atoms with E-state index in [1.807, 2.05) is 40.8 Å². The minimum absolute atomic E-state index is 0.0968. The summed E-state index contributed by atoms with van der Waals surface area (Å²) in [6, 6.07) is 7.90. The number of aromatic nitrogens is 5. The van der Waals surface area contributed by atoms with Crippen LogP contribution in [0.2, 0.25) is 0 Å². The van der Waals surface area contributed by atoms with Gasteiger partial charge in [0, 0.05) is 31.2 Å². The van der Waals surface area contributed by atoms with Gasteiger partial charge in [0.1, 0.15) is 23.7 Å². The molecule has 0 spiro atoms. The Balaban J connectivity index is 1.72. The highest BCUT2D eigenvalue weighted by Gasteiger charge is 2.33. The molecule has 4 heterocycles. The molecule has 9 heteroatoms. The van der Waals surface area contributed by atoms with Gasteiger partial charge in [0.15, 0.2) is 5.82 Å². The Morgan fingerprint density at radius 3 is 2.65 bits per heavy atom. The Bertz CT molecular complexity index is 1120. The lowest BCUT2D eigenvalue weighted by atomic mass is 10.1. The lowest BCUT2D eigenvalue weighted by Gasteiger charge is -2.23. The molecule has 0 aromatic carbocycles. The maximum Gasteiger partial charge on any atom is 0.260 e. The number of rotatable bonds is 6. The average Bonchev–Trinajstić information content (AvgIpc) is 3.38. The van der Waals surface area contributed by atoms with Crippen LogP contribution in [0, 0.1) is 0 Å². The number of nitrogens with two attached hydrogens (primary N) is 1. The fraction of sp³-hybridized carbons (Fsp3) is 0.409. The van der Waals surface area contributed by atoms with Gasteiger partial charge in [-0.3, -0.25) is 9.69 Å². The molecule has 0 atom stereocenters. The molecule has 0 saturated carbocycles. The third-order valence-electron chi connectivity index (χ3n) is 5.69. The fourth-order valence-corrected chi connectivity index (χ4v) is 3.65. The number of amides is 1. The average molecular weight is 421 g/mol. The lowest BCUT2D eigenvalue weighted by Crippen LogP contribution is -2.27. The highest BCUT2D eigenvalue weighted by atomic mass is 16.2. The highest BCUT2D eigenvalue weighted by molar-refractivity contribution is 6.10. The molecular weight excluding hydrogens is 392 g/mol. The van der Waals surface area contributed by atoms with Crippen LogP contribution < -0.4 is 15.5 Å². The molecule has 2 N–H and O–H groups in total. The summed E-state index contributed by atoms with van der Waals surface area (Å²) in [5.74, 6) is 1.89. The lowest BCUT2D eigenvalue weighted by molar-refractivity contribution is 0.0996. The van der Waals surface area contributed by atoms with E-state index in [2.05, 4.69) is 37.9 Å². The van der Waals surface area contributed by atoms with E-state index in [9.17, 15) is 4.79 Å². The number of fused-ring (bicyclic) bond motifs is 1. The Kier molecular flexibility index (Phi) is 5.45. The summed E-state index contributed by atoms with van der Waals surface area (Å²) in [5.41, 5.74) is 8.90. The molecule has 3 aromatic heterocycles. The molecule has 162 valence electrons. The van der Waals surface area contributed by atoms with Gasteiger partial charge in [-0.2, -0.15) is 0 Å². The highest BCUT2D eigenvalue weighted by Crippen LogP contribution is 2.32. The molecule has 31 heavy (non-hydrogen) atoms. The zero-order valence-corrected chi connectivity index (χ0v) is 18.6. The summed E-state index contributed by atoms with van der Waals surface area (Å²) in [7, 11) is 1.97. The largest absolute Gasteiger partial charge is 0.357 e. The summed E-state index contributed by atoms with van der Waals surface area (Å²) in [6.07, 6.45) is 1.69. The van der Waals surface area contributed by atoms with E-state index in [-0.39, 0.29) is 24.5 Å². The second kappa shape index (κ2) is 8.07. The molecule has 0 unspecified atom stereocenters.